The highest BCUT2D eigenvalue weighted by Gasteiger charge is 2.35. The predicted octanol–water partition coefficient (Wildman–Crippen LogP) is 4.90. The Morgan fingerprint density at radius 1 is 1.34 bits per heavy atom. The molecule has 1 aliphatic heterocycles. The first-order valence-electron chi connectivity index (χ1n) is 9.76. The molecule has 2 aromatic heterocycles. The van der Waals surface area contributed by atoms with E-state index in [1.807, 2.05) is 6.92 Å². The van der Waals surface area contributed by atoms with Gasteiger partial charge in [-0.05, 0) is 43.0 Å². The Kier molecular flexibility index (Phi) is 5.29. The van der Waals surface area contributed by atoms with Gasteiger partial charge in [0.1, 0.15) is 0 Å². The topological polar surface area (TPSA) is 53.7 Å². The predicted molar refractivity (Wildman–Crippen MR) is 105 cm³/mol. The van der Waals surface area contributed by atoms with Gasteiger partial charge in [-0.1, -0.05) is 37.3 Å². The molecule has 29 heavy (non-hydrogen) atoms. The van der Waals surface area contributed by atoms with Crippen LogP contribution in [0.5, 0.6) is 5.88 Å². The van der Waals surface area contributed by atoms with Crippen LogP contribution in [0.15, 0.2) is 24.3 Å². The molecule has 0 bridgehead atoms. The number of halogens is 3. The Balaban J connectivity index is 1.83. The summed E-state index contributed by atoms with van der Waals surface area (Å²) >= 11 is 1.29. The molecule has 5 nitrogen and oxygen atoms in total. The molecule has 0 saturated carbocycles. The zero-order valence-corrected chi connectivity index (χ0v) is 17.1. The molecule has 1 fully saturated rings. The van der Waals surface area contributed by atoms with E-state index in [-0.39, 0.29) is 5.88 Å². The molecule has 1 saturated heterocycles. The zero-order valence-electron chi connectivity index (χ0n) is 16.3. The maximum atomic E-state index is 13.3. The van der Waals surface area contributed by atoms with E-state index in [0.29, 0.717) is 33.6 Å². The second-order valence-electron chi connectivity index (χ2n) is 7.63. The molecule has 0 amide bonds. The number of hydrogen-bond donors (Lipinski definition) is 1. The number of aromatic hydroxyl groups is 1. The Morgan fingerprint density at radius 3 is 2.79 bits per heavy atom. The van der Waals surface area contributed by atoms with E-state index in [0.717, 1.165) is 32.0 Å². The van der Waals surface area contributed by atoms with Crippen molar-refractivity contribution in [1.82, 2.24) is 19.5 Å². The molecule has 0 aliphatic carbocycles. The minimum Gasteiger partial charge on any atom is -0.492 e. The van der Waals surface area contributed by atoms with Crippen molar-refractivity contribution in [1.29, 1.82) is 0 Å². The molecule has 3 aromatic rings. The van der Waals surface area contributed by atoms with Crippen molar-refractivity contribution < 1.29 is 18.3 Å². The van der Waals surface area contributed by atoms with Crippen LogP contribution in [-0.2, 0) is 12.6 Å². The molecule has 2 atom stereocenters. The van der Waals surface area contributed by atoms with E-state index in [9.17, 15) is 18.3 Å². The fourth-order valence-corrected chi connectivity index (χ4v) is 5.13. The highest BCUT2D eigenvalue weighted by atomic mass is 32.1. The van der Waals surface area contributed by atoms with E-state index in [1.165, 1.54) is 28.0 Å². The van der Waals surface area contributed by atoms with E-state index in [1.54, 1.807) is 6.07 Å². The third-order valence-corrected chi connectivity index (χ3v) is 6.46. The van der Waals surface area contributed by atoms with Gasteiger partial charge >= 0.3 is 6.18 Å². The fraction of sp³-hybridized carbons (Fsp3) is 0.500. The van der Waals surface area contributed by atoms with Crippen molar-refractivity contribution >= 4 is 16.3 Å². The first-order chi connectivity index (χ1) is 13.8. The minimum atomic E-state index is -4.42. The largest absolute Gasteiger partial charge is 0.492 e. The molecule has 3 heterocycles. The SMILES string of the molecule is CCc1nc2sc([C@@H](c3cccc(C(F)(F)F)c3)N3CCC[C@H](C)C3)c(O)n2n1. The number of alkyl halides is 3. The standard InChI is InChI=1S/C20H23F3N4OS/c1-3-15-24-19-27(25-15)18(28)17(29-19)16(26-9-5-6-12(2)11-26)13-7-4-8-14(10-13)20(21,22)23/h4,7-8,10,12,16,28H,3,5-6,9,11H2,1-2H3/t12-,16+/m0/s1. The van der Waals surface area contributed by atoms with E-state index >= 15 is 0 Å². The lowest BCUT2D eigenvalue weighted by Gasteiger charge is -2.37. The lowest BCUT2D eigenvalue weighted by Crippen LogP contribution is -2.37. The zero-order chi connectivity index (χ0) is 20.8. The van der Waals surface area contributed by atoms with Gasteiger partial charge in [-0.2, -0.15) is 17.7 Å². The van der Waals surface area contributed by atoms with Gasteiger partial charge < -0.3 is 5.11 Å². The third kappa shape index (κ3) is 3.85. The Hall–Kier alpha value is -2.13. The number of piperidine rings is 1. The molecule has 4 rings (SSSR count). The van der Waals surface area contributed by atoms with Crippen LogP contribution in [0.2, 0.25) is 0 Å². The number of thiazole rings is 1. The van der Waals surface area contributed by atoms with Crippen LogP contribution in [0, 0.1) is 5.92 Å². The fourth-order valence-electron chi connectivity index (χ4n) is 3.99. The quantitative estimate of drug-likeness (QED) is 0.647. The van der Waals surface area contributed by atoms with Crippen molar-refractivity contribution in [3.8, 4) is 5.88 Å². The minimum absolute atomic E-state index is 0.0437. The Morgan fingerprint density at radius 2 is 2.14 bits per heavy atom. The van der Waals surface area contributed by atoms with Gasteiger partial charge in [0.2, 0.25) is 10.8 Å². The van der Waals surface area contributed by atoms with Gasteiger partial charge in [0.15, 0.2) is 5.82 Å². The van der Waals surface area contributed by atoms with Gasteiger partial charge in [-0.15, -0.1) is 5.10 Å². The number of aromatic nitrogens is 3. The van der Waals surface area contributed by atoms with Crippen LogP contribution < -0.4 is 0 Å². The van der Waals surface area contributed by atoms with Crippen molar-refractivity contribution in [2.45, 2.75) is 45.3 Å². The average molecular weight is 424 g/mol. The highest BCUT2D eigenvalue weighted by molar-refractivity contribution is 7.17. The van der Waals surface area contributed by atoms with Crippen LogP contribution in [-0.4, -0.2) is 37.7 Å². The normalized spacial score (nSPS) is 19.7. The summed E-state index contributed by atoms with van der Waals surface area (Å²) < 4.78 is 41.4. The summed E-state index contributed by atoms with van der Waals surface area (Å²) in [5.74, 6) is 1.02. The van der Waals surface area contributed by atoms with Gasteiger partial charge in [0.25, 0.3) is 0 Å². The van der Waals surface area contributed by atoms with Gasteiger partial charge in [-0.25, -0.2) is 4.98 Å². The Bertz CT molecular complexity index is 1010. The molecular weight excluding hydrogens is 401 g/mol. The average Bonchev–Trinajstić information content (AvgIpc) is 3.21. The molecular formula is C20H23F3N4OS. The summed E-state index contributed by atoms with van der Waals surface area (Å²) in [5.41, 5.74) is -0.165. The van der Waals surface area contributed by atoms with Crippen molar-refractivity contribution in [3.63, 3.8) is 0 Å². The van der Waals surface area contributed by atoms with Crippen molar-refractivity contribution in [2.24, 2.45) is 5.92 Å². The molecule has 1 N–H and O–H groups in total. The van der Waals surface area contributed by atoms with E-state index in [2.05, 4.69) is 21.9 Å². The van der Waals surface area contributed by atoms with Gasteiger partial charge in [-0.3, -0.25) is 4.90 Å². The first-order valence-corrected chi connectivity index (χ1v) is 10.6. The summed E-state index contributed by atoms with van der Waals surface area (Å²) in [6.07, 6.45) is -1.71. The number of likely N-dealkylation sites (tertiary alicyclic amines) is 1. The van der Waals surface area contributed by atoms with Crippen molar-refractivity contribution in [2.75, 3.05) is 13.1 Å². The second kappa shape index (κ2) is 7.60. The third-order valence-electron chi connectivity index (χ3n) is 5.39. The summed E-state index contributed by atoms with van der Waals surface area (Å²) in [6.45, 7) is 5.59. The highest BCUT2D eigenvalue weighted by Crippen LogP contribution is 2.42. The van der Waals surface area contributed by atoms with Crippen molar-refractivity contribution in [3.05, 3.63) is 46.1 Å². The van der Waals surface area contributed by atoms with Crippen LogP contribution in [0.1, 0.15) is 54.6 Å². The van der Waals surface area contributed by atoms with Gasteiger partial charge in [0, 0.05) is 13.0 Å². The maximum absolute atomic E-state index is 13.3. The number of rotatable bonds is 4. The number of benzene rings is 1. The summed E-state index contributed by atoms with van der Waals surface area (Å²) in [7, 11) is 0. The monoisotopic (exact) mass is 424 g/mol. The lowest BCUT2D eigenvalue weighted by atomic mass is 9.94. The summed E-state index contributed by atoms with van der Waals surface area (Å²) in [6, 6.07) is 4.93. The molecule has 156 valence electrons. The van der Waals surface area contributed by atoms with Crippen LogP contribution in [0.25, 0.3) is 4.96 Å². The molecule has 0 spiro atoms. The molecule has 0 radical (unpaired) electrons. The Labute approximate surface area is 170 Å². The molecule has 1 aromatic carbocycles. The molecule has 1 aliphatic rings. The molecule has 9 heteroatoms. The summed E-state index contributed by atoms with van der Waals surface area (Å²) in [5, 5.41) is 15.2. The lowest BCUT2D eigenvalue weighted by molar-refractivity contribution is -0.137. The second-order valence-corrected chi connectivity index (χ2v) is 8.64. The van der Waals surface area contributed by atoms with E-state index < -0.39 is 17.8 Å². The molecule has 0 unspecified atom stereocenters. The number of aryl methyl sites for hydroxylation is 1. The number of hydrogen-bond acceptors (Lipinski definition) is 5. The van der Waals surface area contributed by atoms with Crippen LogP contribution in [0.4, 0.5) is 13.2 Å². The van der Waals surface area contributed by atoms with Gasteiger partial charge in [0.05, 0.1) is 16.5 Å². The first kappa shape index (κ1) is 20.2. The van der Waals surface area contributed by atoms with Crippen LogP contribution >= 0.6 is 11.3 Å². The number of nitrogens with zero attached hydrogens (tertiary/aromatic N) is 4. The maximum Gasteiger partial charge on any atom is 0.416 e. The van der Waals surface area contributed by atoms with Crippen LogP contribution in [0.3, 0.4) is 0 Å². The summed E-state index contributed by atoms with van der Waals surface area (Å²) in [4.78, 5) is 7.71. The smallest absolute Gasteiger partial charge is 0.416 e. The number of fused-ring (bicyclic) bond motifs is 1. The van der Waals surface area contributed by atoms with E-state index in [4.69, 9.17) is 0 Å².